The summed E-state index contributed by atoms with van der Waals surface area (Å²) in [6.45, 7) is 6.38. The number of ether oxygens (including phenoxy) is 1. The number of rotatable bonds is 41. The van der Waals surface area contributed by atoms with E-state index < -0.39 is 18.2 Å². The second kappa shape index (κ2) is 41.5. The van der Waals surface area contributed by atoms with Gasteiger partial charge in [-0.05, 0) is 70.6 Å². The normalized spacial score (nSPS) is 13.5. The standard InChI is InChI=1S/C47H89NO5/c1-4-7-10-13-16-19-21-22-23-24-26-28-31-34-37-40-47(52)53-43(38-35-32-29-18-15-12-9-6-3)41-46(51)48-44(42-49)45(50)39-36-33-30-27-25-20-17-14-11-8-5-2/h12,15,19,21,43-45,49-50H,4-11,13-14,16-18,20,22-42H2,1-3H3,(H,48,51)/b15-12-,21-19-. The van der Waals surface area contributed by atoms with Gasteiger partial charge in [0.25, 0.3) is 0 Å². The molecule has 0 saturated carbocycles. The molecule has 0 aromatic rings. The summed E-state index contributed by atoms with van der Waals surface area (Å²) in [5.41, 5.74) is 0. The lowest BCUT2D eigenvalue weighted by Gasteiger charge is -2.24. The molecule has 0 aliphatic heterocycles. The Hall–Kier alpha value is -1.66. The fourth-order valence-electron chi connectivity index (χ4n) is 6.96. The number of aliphatic hydroxyl groups excluding tert-OH is 2. The summed E-state index contributed by atoms with van der Waals surface area (Å²) in [5, 5.41) is 23.6. The van der Waals surface area contributed by atoms with Crippen molar-refractivity contribution in [2.24, 2.45) is 0 Å². The van der Waals surface area contributed by atoms with Crippen molar-refractivity contribution in [2.45, 2.75) is 257 Å². The van der Waals surface area contributed by atoms with Gasteiger partial charge in [-0.25, -0.2) is 0 Å². The highest BCUT2D eigenvalue weighted by Crippen LogP contribution is 2.17. The molecule has 0 aliphatic rings. The maximum absolute atomic E-state index is 13.1. The van der Waals surface area contributed by atoms with Crippen LogP contribution in [-0.2, 0) is 14.3 Å². The van der Waals surface area contributed by atoms with Gasteiger partial charge >= 0.3 is 5.97 Å². The molecule has 3 atom stereocenters. The fraction of sp³-hybridized carbons (Fsp3) is 0.872. The van der Waals surface area contributed by atoms with Crippen LogP contribution in [0.1, 0.15) is 239 Å². The zero-order valence-electron chi connectivity index (χ0n) is 35.4. The van der Waals surface area contributed by atoms with E-state index in [1.54, 1.807) is 0 Å². The lowest BCUT2D eigenvalue weighted by atomic mass is 10.0. The number of carbonyl (C=O) groups is 2. The van der Waals surface area contributed by atoms with Crippen molar-refractivity contribution in [3.05, 3.63) is 24.3 Å². The Kier molecular flexibility index (Phi) is 40.2. The lowest BCUT2D eigenvalue weighted by Crippen LogP contribution is -2.46. The Balaban J connectivity index is 4.47. The van der Waals surface area contributed by atoms with Crippen LogP contribution in [0.2, 0.25) is 0 Å². The smallest absolute Gasteiger partial charge is 0.306 e. The summed E-state index contributed by atoms with van der Waals surface area (Å²) in [4.78, 5) is 25.9. The number of nitrogens with one attached hydrogen (secondary N) is 1. The molecule has 53 heavy (non-hydrogen) atoms. The molecular weight excluding hydrogens is 659 g/mol. The van der Waals surface area contributed by atoms with E-state index in [1.165, 1.54) is 116 Å². The van der Waals surface area contributed by atoms with Crippen molar-refractivity contribution in [3.8, 4) is 0 Å². The van der Waals surface area contributed by atoms with Crippen molar-refractivity contribution in [3.63, 3.8) is 0 Å². The van der Waals surface area contributed by atoms with Crippen LogP contribution in [0.25, 0.3) is 0 Å². The highest BCUT2D eigenvalue weighted by molar-refractivity contribution is 5.77. The van der Waals surface area contributed by atoms with Crippen LogP contribution in [0.3, 0.4) is 0 Å². The minimum atomic E-state index is -0.786. The van der Waals surface area contributed by atoms with E-state index in [9.17, 15) is 19.8 Å². The van der Waals surface area contributed by atoms with Gasteiger partial charge in [-0.1, -0.05) is 180 Å². The molecule has 0 spiro atoms. The molecule has 3 unspecified atom stereocenters. The molecule has 6 heteroatoms. The molecule has 0 heterocycles. The number of unbranched alkanes of at least 4 members (excludes halogenated alkanes) is 25. The molecule has 0 fully saturated rings. The number of carbonyl (C=O) groups excluding carboxylic acids is 2. The summed E-state index contributed by atoms with van der Waals surface area (Å²) in [5.74, 6) is -0.494. The average molecular weight is 748 g/mol. The van der Waals surface area contributed by atoms with Gasteiger partial charge in [0, 0.05) is 6.42 Å². The number of amides is 1. The number of hydrogen-bond donors (Lipinski definition) is 3. The summed E-state index contributed by atoms with van der Waals surface area (Å²) < 4.78 is 5.87. The van der Waals surface area contributed by atoms with Crippen LogP contribution in [0.15, 0.2) is 24.3 Å². The second-order valence-electron chi connectivity index (χ2n) is 15.8. The van der Waals surface area contributed by atoms with Gasteiger partial charge in [0.05, 0.1) is 25.2 Å². The van der Waals surface area contributed by atoms with E-state index in [-0.39, 0.29) is 24.9 Å². The first-order valence-corrected chi connectivity index (χ1v) is 23.1. The minimum absolute atomic E-state index is 0.0673. The SMILES string of the molecule is CCC/C=C\CCCCCC(CC(=O)NC(CO)C(O)CCCCCCCCCCCCC)OC(=O)CCCCCCCCC/C=C\CCCCCC. The van der Waals surface area contributed by atoms with Gasteiger partial charge in [-0.2, -0.15) is 0 Å². The van der Waals surface area contributed by atoms with Crippen molar-refractivity contribution in [2.75, 3.05) is 6.61 Å². The minimum Gasteiger partial charge on any atom is -0.462 e. The van der Waals surface area contributed by atoms with Gasteiger partial charge in [0.15, 0.2) is 0 Å². The van der Waals surface area contributed by atoms with E-state index in [0.29, 0.717) is 19.3 Å². The molecule has 3 N–H and O–H groups in total. The van der Waals surface area contributed by atoms with Gasteiger partial charge in [-0.15, -0.1) is 0 Å². The third-order valence-electron chi connectivity index (χ3n) is 10.5. The number of aliphatic hydroxyl groups is 2. The highest BCUT2D eigenvalue weighted by atomic mass is 16.5. The molecule has 0 aromatic heterocycles. The van der Waals surface area contributed by atoms with Gasteiger partial charge in [-0.3, -0.25) is 9.59 Å². The van der Waals surface area contributed by atoms with Gasteiger partial charge < -0.3 is 20.3 Å². The van der Waals surface area contributed by atoms with Crippen LogP contribution in [0.5, 0.6) is 0 Å². The summed E-state index contributed by atoms with van der Waals surface area (Å²) >= 11 is 0. The molecule has 0 radical (unpaired) electrons. The monoisotopic (exact) mass is 748 g/mol. The fourth-order valence-corrected chi connectivity index (χ4v) is 6.96. The largest absolute Gasteiger partial charge is 0.462 e. The average Bonchev–Trinajstić information content (AvgIpc) is 3.15. The molecule has 0 bridgehead atoms. The van der Waals surface area contributed by atoms with E-state index in [0.717, 1.165) is 77.0 Å². The first-order valence-electron chi connectivity index (χ1n) is 23.1. The molecule has 1 amide bonds. The van der Waals surface area contributed by atoms with E-state index in [1.807, 2.05) is 0 Å². The maximum atomic E-state index is 13.1. The van der Waals surface area contributed by atoms with Crippen molar-refractivity contribution >= 4 is 11.9 Å². The van der Waals surface area contributed by atoms with Crippen LogP contribution in [0.4, 0.5) is 0 Å². The Labute approximate surface area is 329 Å². The molecule has 0 saturated heterocycles. The number of allylic oxidation sites excluding steroid dienone is 4. The summed E-state index contributed by atoms with van der Waals surface area (Å²) in [6, 6.07) is -0.700. The Morgan fingerprint density at radius 3 is 1.45 bits per heavy atom. The molecule has 0 rings (SSSR count). The lowest BCUT2D eigenvalue weighted by molar-refractivity contribution is -0.151. The molecule has 312 valence electrons. The van der Waals surface area contributed by atoms with Gasteiger partial charge in [0.1, 0.15) is 6.10 Å². The van der Waals surface area contributed by atoms with E-state index in [2.05, 4.69) is 50.4 Å². The number of hydrogen-bond acceptors (Lipinski definition) is 5. The van der Waals surface area contributed by atoms with Crippen molar-refractivity contribution in [1.29, 1.82) is 0 Å². The van der Waals surface area contributed by atoms with Gasteiger partial charge in [0.2, 0.25) is 5.91 Å². The van der Waals surface area contributed by atoms with Crippen LogP contribution >= 0.6 is 0 Å². The third kappa shape index (κ3) is 37.1. The van der Waals surface area contributed by atoms with Crippen molar-refractivity contribution < 1.29 is 24.5 Å². The molecule has 6 nitrogen and oxygen atoms in total. The number of esters is 1. The van der Waals surface area contributed by atoms with Crippen LogP contribution in [0, 0.1) is 0 Å². The van der Waals surface area contributed by atoms with Crippen LogP contribution in [-0.4, -0.2) is 46.9 Å². The Morgan fingerprint density at radius 1 is 0.528 bits per heavy atom. The summed E-state index contributed by atoms with van der Waals surface area (Å²) in [7, 11) is 0. The quantitative estimate of drug-likeness (QED) is 0.0329. The maximum Gasteiger partial charge on any atom is 0.306 e. The first kappa shape index (κ1) is 51.3. The topological polar surface area (TPSA) is 95.9 Å². The Bertz CT molecular complexity index is 843. The molecule has 0 aliphatic carbocycles. The second-order valence-corrected chi connectivity index (χ2v) is 15.8. The third-order valence-corrected chi connectivity index (χ3v) is 10.5. The van der Waals surface area contributed by atoms with Crippen LogP contribution < -0.4 is 5.32 Å². The van der Waals surface area contributed by atoms with Crippen molar-refractivity contribution in [1.82, 2.24) is 5.32 Å². The highest BCUT2D eigenvalue weighted by Gasteiger charge is 2.24. The Morgan fingerprint density at radius 2 is 0.943 bits per heavy atom. The first-order chi connectivity index (χ1) is 26.0. The predicted molar refractivity (Wildman–Crippen MR) is 227 cm³/mol. The molecule has 0 aromatic carbocycles. The van der Waals surface area contributed by atoms with E-state index in [4.69, 9.17) is 4.74 Å². The molecular formula is C47H89NO5. The zero-order valence-corrected chi connectivity index (χ0v) is 35.4. The zero-order chi connectivity index (χ0) is 38.9. The predicted octanol–water partition coefficient (Wildman–Crippen LogP) is 13.2. The van der Waals surface area contributed by atoms with E-state index >= 15 is 0 Å². The summed E-state index contributed by atoms with van der Waals surface area (Å²) in [6.07, 6.45) is 45.3.